The maximum absolute atomic E-state index is 13.2. The molecule has 0 N–H and O–H groups in total. The molecule has 0 bridgehead atoms. The first-order chi connectivity index (χ1) is 12.8. The van der Waals surface area contributed by atoms with E-state index >= 15 is 0 Å². The number of nitro groups is 1. The van der Waals surface area contributed by atoms with Crippen LogP contribution in [0, 0.1) is 10.1 Å². The molecule has 27 heavy (non-hydrogen) atoms. The Morgan fingerprint density at radius 3 is 2.56 bits per heavy atom. The van der Waals surface area contributed by atoms with Crippen molar-refractivity contribution < 1.29 is 22.8 Å². The molecule has 140 valence electrons. The van der Waals surface area contributed by atoms with Crippen molar-refractivity contribution in [2.24, 2.45) is 0 Å². The summed E-state index contributed by atoms with van der Waals surface area (Å²) in [5.41, 5.74) is -0.153. The molecule has 3 rings (SSSR count). The number of non-ortho nitro benzene ring substituents is 1. The Bertz CT molecular complexity index is 936. The van der Waals surface area contributed by atoms with Gasteiger partial charge in [0.05, 0.1) is 10.5 Å². The lowest BCUT2D eigenvalue weighted by molar-refractivity contribution is -0.384. The lowest BCUT2D eigenvalue weighted by Gasteiger charge is -2.20. The van der Waals surface area contributed by atoms with E-state index in [9.17, 15) is 23.3 Å². The summed E-state index contributed by atoms with van der Waals surface area (Å²) >= 11 is 0. The van der Waals surface area contributed by atoms with Gasteiger partial charge < -0.3 is 9.64 Å². The third kappa shape index (κ3) is 4.11. The molecule has 0 fully saturated rings. The lowest BCUT2D eigenvalue weighted by Crippen LogP contribution is -2.14. The summed E-state index contributed by atoms with van der Waals surface area (Å²) < 4.78 is 45.2. The zero-order chi connectivity index (χ0) is 19.6. The van der Waals surface area contributed by atoms with Gasteiger partial charge in [-0.25, -0.2) is 0 Å². The van der Waals surface area contributed by atoms with Crippen molar-refractivity contribution >= 4 is 11.3 Å². The predicted octanol–water partition coefficient (Wildman–Crippen LogP) is 5.25. The highest BCUT2D eigenvalue weighted by molar-refractivity contribution is 5.79. The van der Waals surface area contributed by atoms with Crippen LogP contribution in [0.2, 0.25) is 0 Å². The summed E-state index contributed by atoms with van der Waals surface area (Å²) in [6.07, 6.45) is 0.770. The van der Waals surface area contributed by atoms with Gasteiger partial charge >= 0.3 is 6.18 Å². The second-order valence-electron chi connectivity index (χ2n) is 5.96. The number of para-hydroxylation sites is 1. The maximum atomic E-state index is 13.2. The van der Waals surface area contributed by atoms with Gasteiger partial charge in [0.25, 0.3) is 5.69 Å². The fourth-order valence-electron chi connectivity index (χ4n) is 2.69. The van der Waals surface area contributed by atoms with Gasteiger partial charge in [-0.3, -0.25) is 10.1 Å². The molecule has 1 heterocycles. The fourth-order valence-corrected chi connectivity index (χ4v) is 2.69. The summed E-state index contributed by atoms with van der Waals surface area (Å²) in [5, 5.41) is 11.1. The zero-order valence-electron chi connectivity index (χ0n) is 14.2. The first-order valence-electron chi connectivity index (χ1n) is 7.97. The third-order valence-electron chi connectivity index (χ3n) is 3.95. The lowest BCUT2D eigenvalue weighted by atomic mass is 10.0. The number of nitro benzene ring substituents is 1. The molecule has 1 aliphatic rings. The van der Waals surface area contributed by atoms with Crippen LogP contribution in [0.1, 0.15) is 11.1 Å². The minimum atomic E-state index is -4.58. The van der Waals surface area contributed by atoms with E-state index in [4.69, 9.17) is 4.74 Å². The van der Waals surface area contributed by atoms with Gasteiger partial charge in [-0.2, -0.15) is 13.2 Å². The van der Waals surface area contributed by atoms with Crippen LogP contribution in [-0.2, 0) is 6.18 Å². The van der Waals surface area contributed by atoms with Crippen molar-refractivity contribution in [2.75, 3.05) is 13.6 Å². The molecule has 0 unspecified atom stereocenters. The van der Waals surface area contributed by atoms with E-state index in [-0.39, 0.29) is 17.2 Å². The molecule has 0 saturated heterocycles. The average molecular weight is 376 g/mol. The molecule has 0 atom stereocenters. The number of hydrogen-bond acceptors (Lipinski definition) is 4. The SMILES string of the molecule is CN1C=C(c2cc([N+](=O)[O-])ccc2Oc2ccccc2C(F)(F)F)C=CC1. The number of hydrogen-bond donors (Lipinski definition) is 0. The van der Waals surface area contributed by atoms with Crippen molar-refractivity contribution in [3.63, 3.8) is 0 Å². The molecule has 0 amide bonds. The molecule has 0 aromatic heterocycles. The number of benzene rings is 2. The standard InChI is InChI=1S/C19H15F3N2O3/c1-23-10-4-5-13(12-23)15-11-14(24(25)26)8-9-17(15)27-18-7-3-2-6-16(18)19(20,21)22/h2-9,11-12H,10H2,1H3. The largest absolute Gasteiger partial charge is 0.456 e. The molecule has 0 radical (unpaired) electrons. The highest BCUT2D eigenvalue weighted by atomic mass is 19.4. The number of rotatable bonds is 4. The van der Waals surface area contributed by atoms with Crippen molar-refractivity contribution in [3.05, 3.63) is 82.1 Å². The minimum absolute atomic E-state index is 0.100. The van der Waals surface area contributed by atoms with Gasteiger partial charge in [0, 0.05) is 43.1 Å². The Morgan fingerprint density at radius 2 is 1.89 bits per heavy atom. The number of allylic oxidation sites excluding steroid dienone is 2. The quantitative estimate of drug-likeness (QED) is 0.540. The molecule has 0 spiro atoms. The fraction of sp³-hybridized carbons (Fsp3) is 0.158. The van der Waals surface area contributed by atoms with Crippen LogP contribution in [0.4, 0.5) is 18.9 Å². The Labute approximate surface area is 153 Å². The second kappa shape index (κ2) is 7.14. The summed E-state index contributed by atoms with van der Waals surface area (Å²) in [6, 6.07) is 8.65. The van der Waals surface area contributed by atoms with E-state index in [1.54, 1.807) is 12.3 Å². The molecule has 2 aromatic rings. The van der Waals surface area contributed by atoms with Crippen molar-refractivity contribution in [1.29, 1.82) is 0 Å². The average Bonchev–Trinajstić information content (AvgIpc) is 2.61. The maximum Gasteiger partial charge on any atom is 0.419 e. The van der Waals surface area contributed by atoms with Crippen LogP contribution < -0.4 is 4.74 Å². The van der Waals surface area contributed by atoms with Crippen molar-refractivity contribution in [1.82, 2.24) is 4.90 Å². The Hall–Kier alpha value is -3.29. The van der Waals surface area contributed by atoms with Gasteiger partial charge in [-0.05, 0) is 18.2 Å². The van der Waals surface area contributed by atoms with E-state index in [0.717, 1.165) is 6.07 Å². The summed E-state index contributed by atoms with van der Waals surface area (Å²) in [5.74, 6) is -0.266. The van der Waals surface area contributed by atoms with Crippen LogP contribution >= 0.6 is 0 Å². The minimum Gasteiger partial charge on any atom is -0.456 e. The normalized spacial score (nSPS) is 14.1. The van der Waals surface area contributed by atoms with Gasteiger partial charge in [0.1, 0.15) is 11.5 Å². The highest BCUT2D eigenvalue weighted by Crippen LogP contribution is 2.40. The third-order valence-corrected chi connectivity index (χ3v) is 3.95. The number of ether oxygens (including phenoxy) is 1. The smallest absolute Gasteiger partial charge is 0.419 e. The predicted molar refractivity (Wildman–Crippen MR) is 94.4 cm³/mol. The Balaban J connectivity index is 2.09. The number of nitrogens with zero attached hydrogens (tertiary/aromatic N) is 2. The monoisotopic (exact) mass is 376 g/mol. The molecule has 2 aromatic carbocycles. The highest BCUT2D eigenvalue weighted by Gasteiger charge is 2.34. The van der Waals surface area contributed by atoms with Gasteiger partial charge in [0.2, 0.25) is 0 Å². The van der Waals surface area contributed by atoms with E-state index in [0.29, 0.717) is 17.7 Å². The Kier molecular flexibility index (Phi) is 4.89. The van der Waals surface area contributed by atoms with E-state index in [1.807, 2.05) is 18.0 Å². The molecule has 0 saturated carbocycles. The van der Waals surface area contributed by atoms with Crippen LogP contribution in [0.5, 0.6) is 11.5 Å². The van der Waals surface area contributed by atoms with Crippen LogP contribution in [0.3, 0.4) is 0 Å². The molecule has 0 aliphatic carbocycles. The first-order valence-corrected chi connectivity index (χ1v) is 7.97. The zero-order valence-corrected chi connectivity index (χ0v) is 14.2. The number of alkyl halides is 3. The summed E-state index contributed by atoms with van der Waals surface area (Å²) in [4.78, 5) is 12.4. The van der Waals surface area contributed by atoms with Crippen molar-refractivity contribution in [2.45, 2.75) is 6.18 Å². The molecule has 5 nitrogen and oxygen atoms in total. The van der Waals surface area contributed by atoms with Crippen LogP contribution in [0.15, 0.2) is 60.8 Å². The molecule has 8 heteroatoms. The molecular weight excluding hydrogens is 361 g/mol. The first kappa shape index (κ1) is 18.5. The molecular formula is C19H15F3N2O3. The second-order valence-corrected chi connectivity index (χ2v) is 5.96. The molecule has 1 aliphatic heterocycles. The van der Waals surface area contributed by atoms with Crippen LogP contribution in [0.25, 0.3) is 5.57 Å². The van der Waals surface area contributed by atoms with Gasteiger partial charge in [0.15, 0.2) is 0 Å². The Morgan fingerprint density at radius 1 is 1.15 bits per heavy atom. The topological polar surface area (TPSA) is 55.6 Å². The van der Waals surface area contributed by atoms with Crippen molar-refractivity contribution in [3.8, 4) is 11.5 Å². The number of halogens is 3. The van der Waals surface area contributed by atoms with Gasteiger partial charge in [-0.15, -0.1) is 0 Å². The summed E-state index contributed by atoms with van der Waals surface area (Å²) in [7, 11) is 1.82. The number of likely N-dealkylation sites (N-methyl/N-ethyl adjacent to an activating group) is 1. The van der Waals surface area contributed by atoms with Crippen LogP contribution in [-0.4, -0.2) is 23.4 Å². The van der Waals surface area contributed by atoms with E-state index in [1.165, 1.54) is 36.4 Å². The van der Waals surface area contributed by atoms with E-state index in [2.05, 4.69) is 0 Å². The summed E-state index contributed by atoms with van der Waals surface area (Å²) in [6.45, 7) is 0.658. The van der Waals surface area contributed by atoms with Gasteiger partial charge in [-0.1, -0.05) is 24.3 Å². The van der Waals surface area contributed by atoms with E-state index < -0.39 is 16.7 Å².